The Morgan fingerprint density at radius 1 is 1.25 bits per heavy atom. The van der Waals surface area contributed by atoms with Crippen LogP contribution in [-0.2, 0) is 11.8 Å². The van der Waals surface area contributed by atoms with Gasteiger partial charge in [-0.1, -0.05) is 12.8 Å². The number of anilines is 1. The van der Waals surface area contributed by atoms with Gasteiger partial charge < -0.3 is 20.9 Å². The molecule has 0 spiro atoms. The second-order valence-electron chi connectivity index (χ2n) is 8.31. The fourth-order valence-corrected chi connectivity index (χ4v) is 4.47. The van der Waals surface area contributed by atoms with Gasteiger partial charge in [0.05, 0.1) is 18.1 Å². The maximum absolute atomic E-state index is 12.7. The Morgan fingerprint density at radius 2 is 2.06 bits per heavy atom. The highest BCUT2D eigenvalue weighted by Gasteiger charge is 2.32. The van der Waals surface area contributed by atoms with Crippen molar-refractivity contribution in [3.63, 3.8) is 0 Å². The molecule has 1 aliphatic carbocycles. The van der Waals surface area contributed by atoms with E-state index in [-0.39, 0.29) is 35.9 Å². The van der Waals surface area contributed by atoms with E-state index < -0.39 is 0 Å². The molecular weight excluding hydrogens is 521 g/mol. The van der Waals surface area contributed by atoms with Crippen LogP contribution in [0.25, 0.3) is 11.0 Å². The van der Waals surface area contributed by atoms with Gasteiger partial charge in [-0.15, -0.1) is 24.0 Å². The predicted molar refractivity (Wildman–Crippen MR) is 136 cm³/mol. The zero-order chi connectivity index (χ0) is 21.6. The maximum Gasteiger partial charge on any atom is 0.225 e. The molecule has 0 aromatic carbocycles. The van der Waals surface area contributed by atoms with Gasteiger partial charge in [0.15, 0.2) is 11.6 Å². The first-order valence-corrected chi connectivity index (χ1v) is 11.4. The number of aryl methyl sites for hydroxylation is 1. The number of nitrogens with zero attached hydrogens (tertiary/aromatic N) is 6. The lowest BCUT2D eigenvalue weighted by Crippen LogP contribution is -2.45. The second kappa shape index (κ2) is 11.6. The van der Waals surface area contributed by atoms with Crippen LogP contribution in [0, 0.1) is 5.92 Å². The molecule has 1 saturated carbocycles. The van der Waals surface area contributed by atoms with E-state index in [9.17, 15) is 4.79 Å². The molecule has 2 aromatic heterocycles. The molecule has 3 N–H and O–H groups in total. The number of aliphatic imine (C=N–C) groups is 1. The Balaban J connectivity index is 0.00000289. The van der Waals surface area contributed by atoms with Crippen LogP contribution >= 0.6 is 24.0 Å². The van der Waals surface area contributed by atoms with Crippen molar-refractivity contribution in [2.45, 2.75) is 45.1 Å². The Kier molecular flexibility index (Phi) is 8.88. The van der Waals surface area contributed by atoms with Crippen molar-refractivity contribution in [1.29, 1.82) is 0 Å². The number of hydrogen-bond donors (Lipinski definition) is 3. The van der Waals surface area contributed by atoms with Crippen LogP contribution < -0.4 is 16.0 Å². The minimum atomic E-state index is 0. The molecular formula is C21H34IN9O. The lowest BCUT2D eigenvalue weighted by molar-refractivity contribution is -0.134. The number of rotatable bonds is 7. The lowest BCUT2D eigenvalue weighted by atomic mass is 10.1. The fraction of sp³-hybridized carbons (Fsp3) is 0.667. The summed E-state index contributed by atoms with van der Waals surface area (Å²) in [5.74, 6) is 2.15. The maximum atomic E-state index is 12.7. The molecule has 2 aliphatic rings. The Morgan fingerprint density at radius 3 is 2.84 bits per heavy atom. The average molecular weight is 555 g/mol. The summed E-state index contributed by atoms with van der Waals surface area (Å²) >= 11 is 0. The number of nitrogens with one attached hydrogen (secondary N) is 3. The van der Waals surface area contributed by atoms with Crippen molar-refractivity contribution in [2.75, 3.05) is 38.0 Å². The highest BCUT2D eigenvalue weighted by atomic mass is 127. The first-order valence-electron chi connectivity index (χ1n) is 11.4. The molecule has 2 aromatic rings. The molecule has 1 atom stereocenters. The van der Waals surface area contributed by atoms with E-state index >= 15 is 0 Å². The monoisotopic (exact) mass is 555 g/mol. The third-order valence-corrected chi connectivity index (χ3v) is 6.09. The number of aromatic nitrogens is 4. The minimum Gasteiger partial charge on any atom is -0.367 e. The van der Waals surface area contributed by atoms with E-state index in [0.29, 0.717) is 19.0 Å². The first-order chi connectivity index (χ1) is 15.2. The number of carbonyl (C=O) groups is 1. The van der Waals surface area contributed by atoms with E-state index in [4.69, 9.17) is 0 Å². The summed E-state index contributed by atoms with van der Waals surface area (Å²) in [6.07, 6.45) is 8.77. The van der Waals surface area contributed by atoms with Gasteiger partial charge in [0.1, 0.15) is 12.1 Å². The number of carbonyl (C=O) groups excluding carboxylic acids is 1. The zero-order valence-corrected chi connectivity index (χ0v) is 21.2. The highest BCUT2D eigenvalue weighted by molar-refractivity contribution is 14.0. The van der Waals surface area contributed by atoms with Crippen molar-refractivity contribution in [3.8, 4) is 0 Å². The first kappa shape index (κ1) is 24.5. The summed E-state index contributed by atoms with van der Waals surface area (Å²) in [7, 11) is 1.86. The van der Waals surface area contributed by atoms with E-state index in [1.54, 1.807) is 17.2 Å². The number of hydrogen-bond acceptors (Lipinski definition) is 6. The fourth-order valence-electron chi connectivity index (χ4n) is 4.47. The van der Waals surface area contributed by atoms with Gasteiger partial charge >= 0.3 is 0 Å². The standard InChI is InChI=1S/C21H33N9O.HI/c1-3-22-21(28-16-8-11-30(13-16)20(31)15-6-4-5-7-15)24-10-9-23-18-17-12-27-29(2)19(17)26-14-25-18;/h12,14-16H,3-11,13H2,1-2H3,(H2,22,24,28)(H,23,25,26);1H. The minimum absolute atomic E-state index is 0. The molecule has 1 saturated heterocycles. The van der Waals surface area contributed by atoms with Crippen molar-refractivity contribution in [3.05, 3.63) is 12.5 Å². The molecule has 176 valence electrons. The molecule has 1 unspecified atom stereocenters. The van der Waals surface area contributed by atoms with Crippen molar-refractivity contribution in [1.82, 2.24) is 35.3 Å². The largest absolute Gasteiger partial charge is 0.367 e. The quantitative estimate of drug-likeness (QED) is 0.207. The van der Waals surface area contributed by atoms with E-state index in [0.717, 1.165) is 61.7 Å². The van der Waals surface area contributed by atoms with Crippen molar-refractivity contribution < 1.29 is 4.79 Å². The van der Waals surface area contributed by atoms with Crippen LogP contribution in [0.3, 0.4) is 0 Å². The van der Waals surface area contributed by atoms with Crippen LogP contribution in [0.2, 0.25) is 0 Å². The van der Waals surface area contributed by atoms with Gasteiger partial charge in [-0.25, -0.2) is 9.97 Å². The number of amides is 1. The molecule has 4 rings (SSSR count). The average Bonchev–Trinajstić information content (AvgIpc) is 3.53. The highest BCUT2D eigenvalue weighted by Crippen LogP contribution is 2.27. The molecule has 1 aliphatic heterocycles. The SMILES string of the molecule is CCNC(=NCCNc1ncnc2c1cnn2C)NC1CCN(C(=O)C2CCCC2)C1.I. The van der Waals surface area contributed by atoms with Gasteiger partial charge in [0, 0.05) is 45.2 Å². The van der Waals surface area contributed by atoms with Gasteiger partial charge in [-0.3, -0.25) is 14.5 Å². The molecule has 10 nitrogen and oxygen atoms in total. The second-order valence-corrected chi connectivity index (χ2v) is 8.31. The van der Waals surface area contributed by atoms with Crippen LogP contribution in [0.4, 0.5) is 5.82 Å². The number of likely N-dealkylation sites (tertiary alicyclic amines) is 1. The third-order valence-electron chi connectivity index (χ3n) is 6.09. The molecule has 3 heterocycles. The van der Waals surface area contributed by atoms with Crippen molar-refractivity contribution >= 4 is 52.7 Å². The van der Waals surface area contributed by atoms with Gasteiger partial charge in [-0.05, 0) is 26.2 Å². The smallest absolute Gasteiger partial charge is 0.225 e. The molecule has 32 heavy (non-hydrogen) atoms. The third kappa shape index (κ3) is 5.78. The van der Waals surface area contributed by atoms with Gasteiger partial charge in [0.2, 0.25) is 5.91 Å². The molecule has 1 amide bonds. The number of guanidine groups is 1. The van der Waals surface area contributed by atoms with E-state index in [2.05, 4.69) is 42.9 Å². The number of halogens is 1. The molecule has 0 radical (unpaired) electrons. The summed E-state index contributed by atoms with van der Waals surface area (Å²) in [6.45, 7) is 5.69. The molecule has 11 heteroatoms. The van der Waals surface area contributed by atoms with Crippen molar-refractivity contribution in [2.24, 2.45) is 18.0 Å². The Labute approximate surface area is 206 Å². The van der Waals surface area contributed by atoms with E-state index in [1.165, 1.54) is 12.8 Å². The summed E-state index contributed by atoms with van der Waals surface area (Å²) in [6, 6.07) is 0.244. The Hall–Kier alpha value is -2.18. The normalized spacial score (nSPS) is 19.2. The summed E-state index contributed by atoms with van der Waals surface area (Å²) in [5, 5.41) is 15.3. The molecule has 0 bridgehead atoms. The van der Waals surface area contributed by atoms with Crippen LogP contribution in [0.15, 0.2) is 17.5 Å². The summed E-state index contributed by atoms with van der Waals surface area (Å²) in [5.41, 5.74) is 0.800. The summed E-state index contributed by atoms with van der Waals surface area (Å²) < 4.78 is 1.73. The lowest BCUT2D eigenvalue weighted by Gasteiger charge is -2.21. The Bertz CT molecular complexity index is 925. The van der Waals surface area contributed by atoms with Gasteiger partial charge in [0.25, 0.3) is 0 Å². The van der Waals surface area contributed by atoms with Crippen LogP contribution in [0.5, 0.6) is 0 Å². The topological polar surface area (TPSA) is 112 Å². The van der Waals surface area contributed by atoms with Gasteiger partial charge in [-0.2, -0.15) is 5.10 Å². The van der Waals surface area contributed by atoms with E-state index in [1.807, 2.05) is 11.9 Å². The molecule has 2 fully saturated rings. The zero-order valence-electron chi connectivity index (χ0n) is 18.9. The summed E-state index contributed by atoms with van der Waals surface area (Å²) in [4.78, 5) is 28.0. The van der Waals surface area contributed by atoms with Crippen LogP contribution in [0.1, 0.15) is 39.0 Å². The predicted octanol–water partition coefficient (Wildman–Crippen LogP) is 1.74. The number of fused-ring (bicyclic) bond motifs is 1. The van der Waals surface area contributed by atoms with Crippen LogP contribution in [-0.4, -0.2) is 75.3 Å².